The van der Waals surface area contributed by atoms with E-state index in [4.69, 9.17) is 9.47 Å². The van der Waals surface area contributed by atoms with Gasteiger partial charge in [0.05, 0.1) is 25.5 Å². The number of sulfonamides is 1. The molecule has 0 spiro atoms. The zero-order chi connectivity index (χ0) is 21.9. The highest BCUT2D eigenvalue weighted by Gasteiger charge is 2.19. The Bertz CT molecular complexity index is 1190. The highest BCUT2D eigenvalue weighted by atomic mass is 32.2. The zero-order valence-electron chi connectivity index (χ0n) is 17.3. The Labute approximate surface area is 180 Å². The Morgan fingerprint density at radius 1 is 1.20 bits per heavy atom. The monoisotopic (exact) mass is 448 g/mol. The van der Waals surface area contributed by atoms with E-state index in [0.717, 1.165) is 38.4 Å². The molecule has 30 heavy (non-hydrogen) atoms. The van der Waals surface area contributed by atoms with Crippen LogP contribution in [0.5, 0.6) is 5.75 Å². The summed E-state index contributed by atoms with van der Waals surface area (Å²) in [4.78, 5) is 14.1. The minimum absolute atomic E-state index is 0.0771. The van der Waals surface area contributed by atoms with Crippen LogP contribution in [0, 0.1) is 6.92 Å². The van der Waals surface area contributed by atoms with Crippen molar-refractivity contribution in [3.63, 3.8) is 0 Å². The van der Waals surface area contributed by atoms with Crippen molar-refractivity contribution < 1.29 is 22.7 Å². The smallest absolute Gasteiger partial charge is 0.325 e. The number of fused-ring (bicyclic) bond motifs is 1. The molecule has 160 valence electrons. The number of carbonyl (C=O) groups excluding carboxylic acids is 1. The van der Waals surface area contributed by atoms with Crippen molar-refractivity contribution in [2.24, 2.45) is 0 Å². The number of hydrogen-bond donors (Lipinski definition) is 1. The topological polar surface area (TPSA) is 86.6 Å². The fraction of sp³-hybridized carbons (Fsp3) is 0.286. The van der Waals surface area contributed by atoms with Gasteiger partial charge < -0.3 is 14.0 Å². The summed E-state index contributed by atoms with van der Waals surface area (Å²) in [6.07, 6.45) is 1.11. The number of ether oxygens (including phenoxy) is 2. The van der Waals surface area contributed by atoms with Gasteiger partial charge in [-0.05, 0) is 50.2 Å². The molecule has 1 N–H and O–H groups in total. The Balaban J connectivity index is 2.12. The van der Waals surface area contributed by atoms with E-state index in [1.807, 2.05) is 41.8 Å². The van der Waals surface area contributed by atoms with Crippen molar-refractivity contribution in [2.75, 3.05) is 24.7 Å². The SMILES string of the molecule is CCOC(=O)Cn1c(C)c(Sc2cccc(OC)c2)c2cc(NS(C)(=O)=O)ccc21. The summed E-state index contributed by atoms with van der Waals surface area (Å²) in [6.45, 7) is 4.09. The molecule has 3 rings (SSSR count). The quantitative estimate of drug-likeness (QED) is 0.523. The maximum absolute atomic E-state index is 12.2. The third kappa shape index (κ3) is 5.09. The molecule has 0 aliphatic rings. The van der Waals surface area contributed by atoms with Crippen LogP contribution in [0.15, 0.2) is 52.3 Å². The highest BCUT2D eigenvalue weighted by Crippen LogP contribution is 2.40. The van der Waals surface area contributed by atoms with Crippen molar-refractivity contribution >= 4 is 44.3 Å². The van der Waals surface area contributed by atoms with Crippen LogP contribution in [-0.2, 0) is 26.1 Å². The van der Waals surface area contributed by atoms with Crippen LogP contribution in [0.1, 0.15) is 12.6 Å². The number of esters is 1. The first-order chi connectivity index (χ1) is 14.2. The fourth-order valence-corrected chi connectivity index (χ4v) is 4.82. The third-order valence-corrected chi connectivity index (χ3v) is 6.24. The molecule has 0 bridgehead atoms. The molecular formula is C21H24N2O5S2. The number of carbonyl (C=O) groups is 1. The predicted octanol–water partition coefficient (Wildman–Crippen LogP) is 4.04. The van der Waals surface area contributed by atoms with E-state index in [9.17, 15) is 13.2 Å². The van der Waals surface area contributed by atoms with E-state index < -0.39 is 10.0 Å². The Kier molecular flexibility index (Phi) is 6.62. The molecule has 0 atom stereocenters. The van der Waals surface area contributed by atoms with Crippen LogP contribution in [0.2, 0.25) is 0 Å². The number of hydrogen-bond acceptors (Lipinski definition) is 6. The highest BCUT2D eigenvalue weighted by molar-refractivity contribution is 7.99. The molecule has 9 heteroatoms. The first kappa shape index (κ1) is 22.0. The Morgan fingerprint density at radius 2 is 1.97 bits per heavy atom. The second-order valence-electron chi connectivity index (χ2n) is 6.69. The maximum Gasteiger partial charge on any atom is 0.325 e. The van der Waals surface area contributed by atoms with Crippen molar-refractivity contribution in [1.29, 1.82) is 0 Å². The van der Waals surface area contributed by atoms with Gasteiger partial charge in [0.25, 0.3) is 0 Å². The molecule has 0 aliphatic heterocycles. The van der Waals surface area contributed by atoms with Gasteiger partial charge >= 0.3 is 5.97 Å². The molecule has 1 heterocycles. The number of nitrogens with zero attached hydrogens (tertiary/aromatic N) is 1. The van der Waals surface area contributed by atoms with Crippen LogP contribution >= 0.6 is 11.8 Å². The van der Waals surface area contributed by atoms with Crippen molar-refractivity contribution in [1.82, 2.24) is 4.57 Å². The Hall–Kier alpha value is -2.65. The second kappa shape index (κ2) is 9.01. The largest absolute Gasteiger partial charge is 0.497 e. The lowest BCUT2D eigenvalue weighted by Crippen LogP contribution is -2.14. The second-order valence-corrected chi connectivity index (χ2v) is 9.53. The van der Waals surface area contributed by atoms with Crippen LogP contribution in [-0.4, -0.2) is 38.9 Å². The van der Waals surface area contributed by atoms with Crippen molar-refractivity contribution in [2.45, 2.75) is 30.2 Å². The lowest BCUT2D eigenvalue weighted by atomic mass is 10.2. The molecule has 0 radical (unpaired) electrons. The summed E-state index contributed by atoms with van der Waals surface area (Å²) in [5.74, 6) is 0.418. The van der Waals surface area contributed by atoms with E-state index in [1.54, 1.807) is 26.2 Å². The number of aromatic nitrogens is 1. The van der Waals surface area contributed by atoms with Crippen LogP contribution in [0.25, 0.3) is 10.9 Å². The third-order valence-electron chi connectivity index (χ3n) is 4.42. The van der Waals surface area contributed by atoms with Crippen LogP contribution < -0.4 is 9.46 Å². The molecule has 3 aromatic rings. The van der Waals surface area contributed by atoms with Gasteiger partial charge in [0.2, 0.25) is 10.0 Å². The first-order valence-electron chi connectivity index (χ1n) is 9.30. The van der Waals surface area contributed by atoms with Crippen molar-refractivity contribution in [3.05, 3.63) is 48.2 Å². The molecule has 0 aliphatic carbocycles. The lowest BCUT2D eigenvalue weighted by Gasteiger charge is -2.08. The molecule has 7 nitrogen and oxygen atoms in total. The molecule has 0 saturated carbocycles. The number of anilines is 1. The molecular weight excluding hydrogens is 424 g/mol. The van der Waals surface area contributed by atoms with Gasteiger partial charge in [-0.1, -0.05) is 17.8 Å². The van der Waals surface area contributed by atoms with E-state index in [2.05, 4.69) is 4.72 Å². The van der Waals surface area contributed by atoms with E-state index >= 15 is 0 Å². The average molecular weight is 449 g/mol. The van der Waals surface area contributed by atoms with Crippen LogP contribution in [0.4, 0.5) is 5.69 Å². The molecule has 0 unspecified atom stereocenters. The van der Waals surface area contributed by atoms with E-state index in [-0.39, 0.29) is 12.5 Å². The van der Waals surface area contributed by atoms with Gasteiger partial charge in [-0.25, -0.2) is 8.42 Å². The minimum Gasteiger partial charge on any atom is -0.497 e. The zero-order valence-corrected chi connectivity index (χ0v) is 18.9. The lowest BCUT2D eigenvalue weighted by molar-refractivity contribution is -0.143. The summed E-state index contributed by atoms with van der Waals surface area (Å²) in [5, 5.41) is 0.846. The van der Waals surface area contributed by atoms with Crippen LogP contribution in [0.3, 0.4) is 0 Å². The summed E-state index contributed by atoms with van der Waals surface area (Å²) in [7, 11) is -1.80. The minimum atomic E-state index is -3.41. The van der Waals surface area contributed by atoms with Gasteiger partial charge in [0.1, 0.15) is 12.3 Å². The van der Waals surface area contributed by atoms with Crippen molar-refractivity contribution in [3.8, 4) is 5.75 Å². The number of nitrogens with one attached hydrogen (secondary N) is 1. The average Bonchev–Trinajstić information content (AvgIpc) is 2.92. The van der Waals surface area contributed by atoms with Gasteiger partial charge in [-0.15, -0.1) is 0 Å². The summed E-state index contributed by atoms with van der Waals surface area (Å²) >= 11 is 1.53. The number of rotatable bonds is 8. The predicted molar refractivity (Wildman–Crippen MR) is 119 cm³/mol. The molecule has 0 saturated heterocycles. The van der Waals surface area contributed by atoms with Gasteiger partial charge in [-0.3, -0.25) is 9.52 Å². The molecule has 0 fully saturated rings. The fourth-order valence-electron chi connectivity index (χ4n) is 3.18. The molecule has 1 aromatic heterocycles. The van der Waals surface area contributed by atoms with E-state index in [1.165, 1.54) is 11.8 Å². The maximum atomic E-state index is 12.2. The molecule has 2 aromatic carbocycles. The van der Waals surface area contributed by atoms with Gasteiger partial charge in [-0.2, -0.15) is 0 Å². The Morgan fingerprint density at radius 3 is 2.63 bits per heavy atom. The molecule has 0 amide bonds. The van der Waals surface area contributed by atoms with Gasteiger partial charge in [0, 0.05) is 26.6 Å². The standard InChI is InChI=1S/C21H24N2O5S2/c1-5-28-20(24)13-23-14(2)21(29-17-8-6-7-16(12-17)27-3)18-11-15(9-10-19(18)23)22-30(4,25)26/h6-12,22H,5,13H2,1-4H3. The summed E-state index contributed by atoms with van der Waals surface area (Å²) in [5.41, 5.74) is 2.18. The summed E-state index contributed by atoms with van der Waals surface area (Å²) < 4.78 is 38.2. The van der Waals surface area contributed by atoms with Gasteiger partial charge in [0.15, 0.2) is 0 Å². The number of benzene rings is 2. The van der Waals surface area contributed by atoms with E-state index in [0.29, 0.717) is 12.3 Å². The summed E-state index contributed by atoms with van der Waals surface area (Å²) in [6, 6.07) is 13.0. The first-order valence-corrected chi connectivity index (χ1v) is 12.0. The number of methoxy groups -OCH3 is 1. The normalized spacial score (nSPS) is 11.5.